The first-order chi connectivity index (χ1) is 17.4. The van der Waals surface area contributed by atoms with Crippen LogP contribution in [0.15, 0.2) is 61.1 Å². The van der Waals surface area contributed by atoms with Crippen molar-refractivity contribution in [2.24, 2.45) is 0 Å². The highest BCUT2D eigenvalue weighted by atomic mass is 16.5. The summed E-state index contributed by atoms with van der Waals surface area (Å²) in [7, 11) is 2.97. The van der Waals surface area contributed by atoms with Crippen LogP contribution in [0.5, 0.6) is 11.5 Å². The summed E-state index contributed by atoms with van der Waals surface area (Å²) in [5, 5.41) is 20.6. The number of methoxy groups -OCH3 is 2. The average molecular weight is 489 g/mol. The second-order valence-electron chi connectivity index (χ2n) is 7.63. The molecular formula is C24H23N7O5. The van der Waals surface area contributed by atoms with E-state index in [9.17, 15) is 14.7 Å². The molecule has 184 valence electrons. The molecule has 0 spiro atoms. The fraction of sp³-hybridized carbons (Fsp3) is 0.167. The van der Waals surface area contributed by atoms with Crippen molar-refractivity contribution in [1.82, 2.24) is 30.3 Å². The second-order valence-corrected chi connectivity index (χ2v) is 7.63. The maximum atomic E-state index is 13.4. The predicted octanol–water partition coefficient (Wildman–Crippen LogP) is 2.27. The van der Waals surface area contributed by atoms with Crippen molar-refractivity contribution in [3.8, 4) is 28.4 Å². The highest BCUT2D eigenvalue weighted by molar-refractivity contribution is 5.98. The molecular weight excluding hydrogens is 466 g/mol. The van der Waals surface area contributed by atoms with E-state index < -0.39 is 17.9 Å². The number of nitrogens with zero attached hydrogens (tertiary/aromatic N) is 5. The van der Waals surface area contributed by atoms with Crippen LogP contribution in [0.2, 0.25) is 0 Å². The third-order valence-electron chi connectivity index (χ3n) is 5.36. The number of rotatable bonds is 9. The van der Waals surface area contributed by atoms with E-state index in [-0.39, 0.29) is 17.9 Å². The van der Waals surface area contributed by atoms with Gasteiger partial charge in [-0.15, -0.1) is 5.10 Å². The Bertz CT molecular complexity index is 1390. The van der Waals surface area contributed by atoms with Crippen LogP contribution in [-0.2, 0) is 4.79 Å². The number of aromatic nitrogens is 5. The summed E-state index contributed by atoms with van der Waals surface area (Å²) in [5.74, 6) is -0.520. The van der Waals surface area contributed by atoms with Crippen molar-refractivity contribution in [2.75, 3.05) is 20.0 Å². The van der Waals surface area contributed by atoms with Crippen molar-refractivity contribution in [3.63, 3.8) is 0 Å². The van der Waals surface area contributed by atoms with Gasteiger partial charge in [-0.05, 0) is 24.3 Å². The number of hydrogen-bond acceptors (Lipinski definition) is 9. The number of carboxylic acids is 1. The number of ether oxygens (including phenoxy) is 2. The summed E-state index contributed by atoms with van der Waals surface area (Å²) < 4.78 is 12.1. The van der Waals surface area contributed by atoms with E-state index in [0.29, 0.717) is 34.0 Å². The Morgan fingerprint density at radius 2 is 1.86 bits per heavy atom. The smallest absolute Gasteiger partial charge is 0.305 e. The molecule has 0 fully saturated rings. The summed E-state index contributed by atoms with van der Waals surface area (Å²) in [6.07, 6.45) is 4.31. The van der Waals surface area contributed by atoms with Gasteiger partial charge in [0.2, 0.25) is 5.95 Å². The first-order valence-corrected chi connectivity index (χ1v) is 10.7. The zero-order chi connectivity index (χ0) is 25.7. The molecule has 12 heteroatoms. The highest BCUT2D eigenvalue weighted by Gasteiger charge is 2.24. The molecule has 12 nitrogen and oxygen atoms in total. The van der Waals surface area contributed by atoms with E-state index in [0.717, 1.165) is 0 Å². The molecule has 0 saturated heterocycles. The number of carboxylic acid groups (broad SMARTS) is 1. The van der Waals surface area contributed by atoms with Crippen molar-refractivity contribution >= 4 is 17.8 Å². The molecule has 1 atom stereocenters. The lowest BCUT2D eigenvalue weighted by Crippen LogP contribution is -2.31. The molecule has 1 unspecified atom stereocenters. The normalized spacial score (nSPS) is 11.5. The van der Waals surface area contributed by atoms with Crippen LogP contribution in [-0.4, -0.2) is 56.2 Å². The van der Waals surface area contributed by atoms with Crippen molar-refractivity contribution in [1.29, 1.82) is 0 Å². The number of anilines is 1. The lowest BCUT2D eigenvalue weighted by atomic mass is 10.0. The predicted molar refractivity (Wildman–Crippen MR) is 129 cm³/mol. The van der Waals surface area contributed by atoms with Gasteiger partial charge >= 0.3 is 5.97 Å². The number of hydrogen-bond donors (Lipinski definition) is 3. The lowest BCUT2D eigenvalue weighted by Gasteiger charge is -2.21. The number of carbonyl (C=O) groups excluding carboxylic acids is 1. The van der Waals surface area contributed by atoms with Gasteiger partial charge in [-0.25, -0.2) is 14.6 Å². The van der Waals surface area contributed by atoms with Crippen molar-refractivity contribution in [2.45, 2.75) is 12.5 Å². The molecule has 36 heavy (non-hydrogen) atoms. The molecule has 0 aliphatic heterocycles. The molecule has 4 aromatic rings. The number of aliphatic carboxylic acids is 1. The standard InChI is InChI=1S/C24H23N7O5/c1-35-15-7-8-16(21(9-15)36-2)18(10-22(32)33)28-23(34)17-5-3-4-6-20(17)31-13-19(29-30-31)14-11-26-24(25)27-12-14/h3-9,11-13,18H,10H2,1-2H3,(H,28,34)(H,32,33)(H2,25,26,27). The number of carbonyl (C=O) groups is 2. The van der Waals surface area contributed by atoms with Gasteiger partial charge in [-0.3, -0.25) is 9.59 Å². The van der Waals surface area contributed by atoms with Gasteiger partial charge in [0.15, 0.2) is 0 Å². The molecule has 2 aromatic carbocycles. The van der Waals surface area contributed by atoms with Gasteiger partial charge in [0.05, 0.1) is 44.1 Å². The molecule has 4 rings (SSSR count). The van der Waals surface area contributed by atoms with Crippen LogP contribution in [0.1, 0.15) is 28.4 Å². The minimum atomic E-state index is -1.09. The Balaban J connectivity index is 1.65. The Kier molecular flexibility index (Phi) is 7.04. The van der Waals surface area contributed by atoms with E-state index in [1.165, 1.54) is 31.3 Å². The Morgan fingerprint density at radius 1 is 1.11 bits per heavy atom. The first kappa shape index (κ1) is 24.1. The molecule has 0 saturated carbocycles. The van der Waals surface area contributed by atoms with Crippen LogP contribution >= 0.6 is 0 Å². The molecule has 0 radical (unpaired) electrons. The molecule has 2 aromatic heterocycles. The average Bonchev–Trinajstić information content (AvgIpc) is 3.38. The quantitative estimate of drug-likeness (QED) is 0.317. The lowest BCUT2D eigenvalue weighted by molar-refractivity contribution is -0.137. The number of nitrogens with two attached hydrogens (primary N) is 1. The third-order valence-corrected chi connectivity index (χ3v) is 5.36. The minimum Gasteiger partial charge on any atom is -0.497 e. The summed E-state index contributed by atoms with van der Waals surface area (Å²) >= 11 is 0. The number of amides is 1. The molecule has 1 amide bonds. The fourth-order valence-electron chi connectivity index (χ4n) is 3.61. The van der Waals surface area contributed by atoms with Gasteiger partial charge in [0.1, 0.15) is 17.2 Å². The van der Waals surface area contributed by atoms with E-state index in [1.807, 2.05) is 0 Å². The number of para-hydroxylation sites is 1. The zero-order valence-corrected chi connectivity index (χ0v) is 19.5. The van der Waals surface area contributed by atoms with E-state index >= 15 is 0 Å². The molecule has 0 bridgehead atoms. The molecule has 0 aliphatic carbocycles. The molecule has 0 aliphatic rings. The number of benzene rings is 2. The van der Waals surface area contributed by atoms with Gasteiger partial charge < -0.3 is 25.6 Å². The van der Waals surface area contributed by atoms with Crippen LogP contribution in [0.25, 0.3) is 16.9 Å². The van der Waals surface area contributed by atoms with Gasteiger partial charge in [-0.1, -0.05) is 17.3 Å². The summed E-state index contributed by atoms with van der Waals surface area (Å²) in [6, 6.07) is 10.9. The van der Waals surface area contributed by atoms with E-state index in [1.54, 1.807) is 48.7 Å². The van der Waals surface area contributed by atoms with Crippen molar-refractivity contribution < 1.29 is 24.2 Å². The third kappa shape index (κ3) is 5.22. The number of nitrogens with one attached hydrogen (secondary N) is 1. The van der Waals surface area contributed by atoms with Gasteiger partial charge in [0, 0.05) is 29.6 Å². The summed E-state index contributed by atoms with van der Waals surface area (Å²) in [6.45, 7) is 0. The van der Waals surface area contributed by atoms with Crippen LogP contribution < -0.4 is 20.5 Å². The van der Waals surface area contributed by atoms with Gasteiger partial charge in [0.25, 0.3) is 5.91 Å². The van der Waals surface area contributed by atoms with E-state index in [2.05, 4.69) is 25.6 Å². The maximum Gasteiger partial charge on any atom is 0.305 e. The highest BCUT2D eigenvalue weighted by Crippen LogP contribution is 2.31. The zero-order valence-electron chi connectivity index (χ0n) is 19.5. The Hall–Kier alpha value is -5.00. The van der Waals surface area contributed by atoms with Gasteiger partial charge in [-0.2, -0.15) is 0 Å². The fourth-order valence-corrected chi connectivity index (χ4v) is 3.61. The summed E-state index contributed by atoms with van der Waals surface area (Å²) in [5.41, 5.74) is 7.84. The Labute approximate surface area is 205 Å². The van der Waals surface area contributed by atoms with Crippen molar-refractivity contribution in [3.05, 3.63) is 72.2 Å². The van der Waals surface area contributed by atoms with Crippen LogP contribution in [0.3, 0.4) is 0 Å². The SMILES string of the molecule is COc1ccc(C(CC(=O)O)NC(=O)c2ccccc2-n2cc(-c3cnc(N)nc3)nn2)c(OC)c1. The second kappa shape index (κ2) is 10.5. The molecule has 2 heterocycles. The largest absolute Gasteiger partial charge is 0.497 e. The minimum absolute atomic E-state index is 0.137. The summed E-state index contributed by atoms with van der Waals surface area (Å²) in [4.78, 5) is 32.9. The monoisotopic (exact) mass is 489 g/mol. The first-order valence-electron chi connectivity index (χ1n) is 10.7. The van der Waals surface area contributed by atoms with Crippen LogP contribution in [0.4, 0.5) is 5.95 Å². The van der Waals surface area contributed by atoms with E-state index in [4.69, 9.17) is 15.2 Å². The molecule has 4 N–H and O–H groups in total. The maximum absolute atomic E-state index is 13.4. The van der Waals surface area contributed by atoms with Crippen LogP contribution in [0, 0.1) is 0 Å². The Morgan fingerprint density at radius 3 is 2.56 bits per heavy atom. The number of nitrogen functional groups attached to an aromatic ring is 1. The topological polar surface area (TPSA) is 167 Å².